The maximum Gasteiger partial charge on any atom is 0.262 e. The Balaban J connectivity index is 1.31. The predicted octanol–water partition coefficient (Wildman–Crippen LogP) is 0.114. The van der Waals surface area contributed by atoms with Crippen molar-refractivity contribution in [1.82, 2.24) is 19.2 Å². The number of aromatic nitrogens is 2. The van der Waals surface area contributed by atoms with Crippen molar-refractivity contribution in [2.24, 2.45) is 18.9 Å². The van der Waals surface area contributed by atoms with Gasteiger partial charge in [0.2, 0.25) is 5.91 Å². The van der Waals surface area contributed by atoms with Crippen molar-refractivity contribution in [3.8, 4) is 0 Å². The highest BCUT2D eigenvalue weighted by Crippen LogP contribution is 2.35. The SMILES string of the molecule is Cn1cnc(S(=O)(=O)N2C[C@H]3C[C@H](CNC(=O)C4CCC4)O[C@H]3C2)c1. The summed E-state index contributed by atoms with van der Waals surface area (Å²) in [7, 11) is -1.81. The molecule has 0 radical (unpaired) electrons. The monoisotopic (exact) mass is 368 g/mol. The zero-order chi connectivity index (χ0) is 17.6. The number of hydrogen-bond acceptors (Lipinski definition) is 5. The lowest BCUT2D eigenvalue weighted by atomic mass is 9.85. The second-order valence-electron chi connectivity index (χ2n) is 7.36. The Kier molecular flexibility index (Phi) is 4.33. The molecule has 1 aliphatic carbocycles. The predicted molar refractivity (Wildman–Crippen MR) is 89.1 cm³/mol. The lowest BCUT2D eigenvalue weighted by molar-refractivity contribution is -0.128. The molecule has 138 valence electrons. The zero-order valence-electron chi connectivity index (χ0n) is 14.3. The van der Waals surface area contributed by atoms with Crippen molar-refractivity contribution in [2.45, 2.75) is 42.9 Å². The van der Waals surface area contributed by atoms with E-state index in [1.807, 2.05) is 0 Å². The first-order chi connectivity index (χ1) is 11.9. The van der Waals surface area contributed by atoms with Crippen molar-refractivity contribution in [2.75, 3.05) is 19.6 Å². The summed E-state index contributed by atoms with van der Waals surface area (Å²) in [5.74, 6) is 0.496. The summed E-state index contributed by atoms with van der Waals surface area (Å²) >= 11 is 0. The molecule has 9 heteroatoms. The average molecular weight is 368 g/mol. The van der Waals surface area contributed by atoms with E-state index in [-0.39, 0.29) is 35.0 Å². The number of carbonyl (C=O) groups excluding carboxylic acids is 1. The molecule has 1 saturated carbocycles. The van der Waals surface area contributed by atoms with Gasteiger partial charge in [-0.15, -0.1) is 0 Å². The van der Waals surface area contributed by atoms with Gasteiger partial charge in [-0.1, -0.05) is 6.42 Å². The van der Waals surface area contributed by atoms with Crippen LogP contribution in [0.2, 0.25) is 0 Å². The molecule has 3 heterocycles. The smallest absolute Gasteiger partial charge is 0.262 e. The Hall–Kier alpha value is -1.45. The summed E-state index contributed by atoms with van der Waals surface area (Å²) in [6.45, 7) is 1.34. The first kappa shape index (κ1) is 17.0. The molecule has 1 aromatic heterocycles. The normalized spacial score (nSPS) is 30.2. The topological polar surface area (TPSA) is 93.5 Å². The molecule has 1 N–H and O–H groups in total. The number of amides is 1. The molecule has 0 unspecified atom stereocenters. The van der Waals surface area contributed by atoms with Gasteiger partial charge >= 0.3 is 0 Å². The van der Waals surface area contributed by atoms with E-state index in [0.717, 1.165) is 25.7 Å². The zero-order valence-corrected chi connectivity index (χ0v) is 15.1. The molecule has 0 aromatic carbocycles. The molecule has 2 aliphatic heterocycles. The van der Waals surface area contributed by atoms with Crippen LogP contribution >= 0.6 is 0 Å². The third-order valence-electron chi connectivity index (χ3n) is 5.55. The highest BCUT2D eigenvalue weighted by atomic mass is 32.2. The Labute approximate surface area is 147 Å². The number of aryl methyl sites for hydroxylation is 1. The fourth-order valence-corrected chi connectivity index (χ4v) is 5.31. The fraction of sp³-hybridized carbons (Fsp3) is 0.750. The van der Waals surface area contributed by atoms with Crippen molar-refractivity contribution in [1.29, 1.82) is 0 Å². The summed E-state index contributed by atoms with van der Waals surface area (Å²) in [6.07, 6.45) is 6.80. The number of sulfonamides is 1. The van der Waals surface area contributed by atoms with Gasteiger partial charge in [-0.3, -0.25) is 4.79 Å². The van der Waals surface area contributed by atoms with E-state index >= 15 is 0 Å². The van der Waals surface area contributed by atoms with E-state index in [2.05, 4.69) is 10.3 Å². The van der Waals surface area contributed by atoms with E-state index in [1.54, 1.807) is 11.6 Å². The van der Waals surface area contributed by atoms with Crippen molar-refractivity contribution in [3.63, 3.8) is 0 Å². The molecule has 1 amide bonds. The van der Waals surface area contributed by atoms with Gasteiger partial charge in [0, 0.05) is 44.7 Å². The number of hydrogen-bond donors (Lipinski definition) is 1. The minimum absolute atomic E-state index is 0.0151. The molecule has 0 spiro atoms. The molecule has 1 aromatic rings. The Bertz CT molecular complexity index is 744. The Morgan fingerprint density at radius 2 is 2.20 bits per heavy atom. The minimum Gasteiger partial charge on any atom is -0.371 e. The average Bonchev–Trinajstić information content (AvgIpc) is 3.17. The van der Waals surface area contributed by atoms with Crippen molar-refractivity contribution >= 4 is 15.9 Å². The second-order valence-corrected chi connectivity index (χ2v) is 9.25. The first-order valence-corrected chi connectivity index (χ1v) is 10.3. The maximum atomic E-state index is 12.6. The highest BCUT2D eigenvalue weighted by Gasteiger charge is 2.46. The highest BCUT2D eigenvalue weighted by molar-refractivity contribution is 7.89. The van der Waals surface area contributed by atoms with Gasteiger partial charge in [-0.25, -0.2) is 13.4 Å². The van der Waals surface area contributed by atoms with Gasteiger partial charge in [0.25, 0.3) is 10.0 Å². The molecular formula is C16H24N4O4S. The molecule has 3 atom stereocenters. The maximum absolute atomic E-state index is 12.6. The van der Waals surface area contributed by atoms with Gasteiger partial charge in [-0.05, 0) is 19.3 Å². The van der Waals surface area contributed by atoms with Gasteiger partial charge in [0.15, 0.2) is 5.03 Å². The Morgan fingerprint density at radius 1 is 1.40 bits per heavy atom. The molecular weight excluding hydrogens is 344 g/mol. The van der Waals surface area contributed by atoms with E-state index < -0.39 is 10.0 Å². The standard InChI is InChI=1S/C16H24N4O4S/c1-19-9-15(18-10-19)25(22,23)20-7-12-5-13(24-14(12)8-20)6-17-16(21)11-3-2-4-11/h9-14H,2-8H2,1H3,(H,17,21)/t12-,13-,14+/m1/s1. The first-order valence-electron chi connectivity index (χ1n) is 8.85. The molecule has 3 fully saturated rings. The van der Waals surface area contributed by atoms with Crippen LogP contribution in [-0.2, 0) is 26.6 Å². The summed E-state index contributed by atoms with van der Waals surface area (Å²) in [6, 6.07) is 0. The van der Waals surface area contributed by atoms with Crippen molar-refractivity contribution in [3.05, 3.63) is 12.5 Å². The van der Waals surface area contributed by atoms with Crippen LogP contribution in [0.4, 0.5) is 0 Å². The van der Waals surface area contributed by atoms with Gasteiger partial charge in [-0.2, -0.15) is 4.31 Å². The summed E-state index contributed by atoms with van der Waals surface area (Å²) in [5.41, 5.74) is 0. The van der Waals surface area contributed by atoms with Crippen LogP contribution in [0, 0.1) is 11.8 Å². The van der Waals surface area contributed by atoms with E-state index in [9.17, 15) is 13.2 Å². The number of nitrogens with zero attached hydrogens (tertiary/aromatic N) is 3. The van der Waals surface area contributed by atoms with E-state index in [0.29, 0.717) is 19.6 Å². The lowest BCUT2D eigenvalue weighted by Gasteiger charge is -2.25. The van der Waals surface area contributed by atoms with Crippen LogP contribution in [0.5, 0.6) is 0 Å². The number of nitrogens with one attached hydrogen (secondary N) is 1. The molecule has 3 aliphatic rings. The molecule has 4 rings (SSSR count). The van der Waals surface area contributed by atoms with Crippen LogP contribution in [-0.4, -0.2) is 60.0 Å². The summed E-state index contributed by atoms with van der Waals surface area (Å²) in [5, 5.41) is 3.06. The quantitative estimate of drug-likeness (QED) is 0.796. The van der Waals surface area contributed by atoms with Crippen LogP contribution in [0.25, 0.3) is 0 Å². The molecule has 0 bridgehead atoms. The third-order valence-corrected chi connectivity index (χ3v) is 7.26. The number of carbonyl (C=O) groups is 1. The fourth-order valence-electron chi connectivity index (χ4n) is 3.84. The summed E-state index contributed by atoms with van der Waals surface area (Å²) in [4.78, 5) is 15.9. The van der Waals surface area contributed by atoms with Crippen LogP contribution in [0.1, 0.15) is 25.7 Å². The van der Waals surface area contributed by atoms with Gasteiger partial charge in [0.1, 0.15) is 0 Å². The summed E-state index contributed by atoms with van der Waals surface area (Å²) < 4.78 is 34.3. The largest absolute Gasteiger partial charge is 0.371 e. The minimum atomic E-state index is -3.56. The van der Waals surface area contributed by atoms with E-state index in [4.69, 9.17) is 4.74 Å². The number of imidazole rings is 1. The number of fused-ring (bicyclic) bond motifs is 1. The van der Waals surface area contributed by atoms with Gasteiger partial charge in [0.05, 0.1) is 18.5 Å². The second kappa shape index (κ2) is 6.37. The molecule has 25 heavy (non-hydrogen) atoms. The van der Waals surface area contributed by atoms with Crippen LogP contribution in [0.15, 0.2) is 17.6 Å². The lowest BCUT2D eigenvalue weighted by Crippen LogP contribution is -2.39. The number of ether oxygens (including phenoxy) is 1. The van der Waals surface area contributed by atoms with Crippen LogP contribution < -0.4 is 5.32 Å². The number of rotatable bonds is 5. The molecule has 2 saturated heterocycles. The third kappa shape index (κ3) is 3.20. The van der Waals surface area contributed by atoms with Crippen LogP contribution in [0.3, 0.4) is 0 Å². The van der Waals surface area contributed by atoms with Gasteiger partial charge < -0.3 is 14.6 Å². The molecule has 8 nitrogen and oxygen atoms in total. The van der Waals surface area contributed by atoms with Crippen molar-refractivity contribution < 1.29 is 17.9 Å². The van der Waals surface area contributed by atoms with E-state index in [1.165, 1.54) is 16.8 Å². The Morgan fingerprint density at radius 3 is 2.80 bits per heavy atom.